The average molecular weight is 276 g/mol. The molecular weight excluding hydrogens is 256 g/mol. The minimum absolute atomic E-state index is 0.120. The highest BCUT2D eigenvalue weighted by Gasteiger charge is 2.14. The van der Waals surface area contributed by atoms with E-state index in [1.165, 1.54) is 6.08 Å². The van der Waals surface area contributed by atoms with Crippen molar-refractivity contribution in [3.05, 3.63) is 35.9 Å². The second kappa shape index (κ2) is 7.33. The van der Waals surface area contributed by atoms with Crippen LogP contribution in [-0.4, -0.2) is 34.6 Å². The maximum absolute atomic E-state index is 12.1. The Morgan fingerprint density at radius 2 is 2.10 bits per heavy atom. The van der Waals surface area contributed by atoms with Gasteiger partial charge in [-0.3, -0.25) is 0 Å². The number of rotatable bonds is 5. The first kappa shape index (κ1) is 15.8. The van der Waals surface area contributed by atoms with Gasteiger partial charge in [0.1, 0.15) is 0 Å². The number of benzene rings is 1. The first-order valence-electron chi connectivity index (χ1n) is 6.52. The van der Waals surface area contributed by atoms with E-state index in [0.717, 1.165) is 11.6 Å². The van der Waals surface area contributed by atoms with Crippen molar-refractivity contribution in [1.29, 1.82) is 0 Å². The lowest BCUT2D eigenvalue weighted by atomic mass is 10.2. The molecule has 2 amide bonds. The number of amides is 2. The number of carboxylic acids is 1. The molecule has 0 radical (unpaired) electrons. The number of aliphatic carboxylic acids is 1. The largest absolute Gasteiger partial charge is 0.478 e. The van der Waals surface area contributed by atoms with Crippen molar-refractivity contribution in [2.45, 2.75) is 26.8 Å². The Kier molecular flexibility index (Phi) is 5.77. The smallest absolute Gasteiger partial charge is 0.328 e. The summed E-state index contributed by atoms with van der Waals surface area (Å²) in [6, 6.07) is 6.99. The molecule has 0 aliphatic rings. The summed E-state index contributed by atoms with van der Waals surface area (Å²) in [5.74, 6) is -1.00. The van der Waals surface area contributed by atoms with Gasteiger partial charge in [0.15, 0.2) is 0 Å². The van der Waals surface area contributed by atoms with Gasteiger partial charge in [-0.1, -0.05) is 12.1 Å². The van der Waals surface area contributed by atoms with Crippen LogP contribution in [0.2, 0.25) is 0 Å². The van der Waals surface area contributed by atoms with E-state index in [1.807, 2.05) is 20.8 Å². The summed E-state index contributed by atoms with van der Waals surface area (Å²) in [7, 11) is 0. The summed E-state index contributed by atoms with van der Waals surface area (Å²) in [4.78, 5) is 24.2. The van der Waals surface area contributed by atoms with E-state index in [-0.39, 0.29) is 12.1 Å². The number of nitrogens with one attached hydrogen (secondary N) is 1. The number of hydrogen-bond acceptors (Lipinski definition) is 2. The standard InChI is InChI=1S/C15H20N2O3/c1-4-17(11(2)3)15(20)16-13-7-5-6-12(10-13)8-9-14(18)19/h5-11H,4H2,1-3H3,(H,16,20)(H,18,19)/b9-8+. The van der Waals surface area contributed by atoms with Crippen molar-refractivity contribution in [2.24, 2.45) is 0 Å². The highest BCUT2D eigenvalue weighted by Crippen LogP contribution is 2.13. The van der Waals surface area contributed by atoms with E-state index < -0.39 is 5.97 Å². The Hall–Kier alpha value is -2.30. The van der Waals surface area contributed by atoms with Crippen molar-refractivity contribution in [3.8, 4) is 0 Å². The number of carbonyl (C=O) groups is 2. The van der Waals surface area contributed by atoms with Crippen LogP contribution in [0.25, 0.3) is 6.08 Å². The predicted octanol–water partition coefficient (Wildman–Crippen LogP) is 3.05. The van der Waals surface area contributed by atoms with Crippen LogP contribution in [0, 0.1) is 0 Å². The molecule has 0 fully saturated rings. The fourth-order valence-corrected chi connectivity index (χ4v) is 1.83. The van der Waals surface area contributed by atoms with Crippen LogP contribution < -0.4 is 5.32 Å². The van der Waals surface area contributed by atoms with Crippen molar-refractivity contribution in [1.82, 2.24) is 4.90 Å². The molecule has 20 heavy (non-hydrogen) atoms. The van der Waals surface area contributed by atoms with Crippen molar-refractivity contribution in [2.75, 3.05) is 11.9 Å². The molecule has 1 aromatic rings. The Morgan fingerprint density at radius 3 is 2.65 bits per heavy atom. The first-order chi connectivity index (χ1) is 9.43. The van der Waals surface area contributed by atoms with E-state index in [9.17, 15) is 9.59 Å². The Labute approximate surface area is 118 Å². The molecule has 0 aliphatic heterocycles. The maximum atomic E-state index is 12.1. The third kappa shape index (κ3) is 4.76. The van der Waals surface area contributed by atoms with E-state index in [2.05, 4.69) is 5.32 Å². The van der Waals surface area contributed by atoms with Gasteiger partial charge in [0.25, 0.3) is 0 Å². The quantitative estimate of drug-likeness (QED) is 0.812. The highest BCUT2D eigenvalue weighted by atomic mass is 16.4. The minimum atomic E-state index is -1.00. The highest BCUT2D eigenvalue weighted by molar-refractivity contribution is 5.90. The number of urea groups is 1. The minimum Gasteiger partial charge on any atom is -0.478 e. The SMILES string of the molecule is CCN(C(=O)Nc1cccc(/C=C/C(=O)O)c1)C(C)C. The molecule has 0 aliphatic carbocycles. The molecule has 0 bridgehead atoms. The van der Waals surface area contributed by atoms with Crippen LogP contribution in [0.4, 0.5) is 10.5 Å². The molecule has 0 heterocycles. The molecule has 108 valence electrons. The summed E-state index contributed by atoms with van der Waals surface area (Å²) in [6.45, 7) is 6.46. The van der Waals surface area contributed by atoms with Crippen LogP contribution in [0.15, 0.2) is 30.3 Å². The zero-order chi connectivity index (χ0) is 15.1. The van der Waals surface area contributed by atoms with Crippen molar-refractivity contribution < 1.29 is 14.7 Å². The van der Waals surface area contributed by atoms with Gasteiger partial charge in [0.2, 0.25) is 0 Å². The number of hydrogen-bond donors (Lipinski definition) is 2. The van der Waals surface area contributed by atoms with Gasteiger partial charge >= 0.3 is 12.0 Å². The summed E-state index contributed by atoms with van der Waals surface area (Å²) in [5, 5.41) is 11.4. The van der Waals surface area contributed by atoms with Gasteiger partial charge in [-0.05, 0) is 44.5 Å². The molecule has 2 N–H and O–H groups in total. The molecule has 0 spiro atoms. The van der Waals surface area contributed by atoms with Gasteiger partial charge in [-0.15, -0.1) is 0 Å². The molecule has 1 rings (SSSR count). The van der Waals surface area contributed by atoms with Crippen molar-refractivity contribution >= 4 is 23.8 Å². The zero-order valence-electron chi connectivity index (χ0n) is 12.0. The summed E-state index contributed by atoms with van der Waals surface area (Å²) in [6.07, 6.45) is 2.55. The predicted molar refractivity (Wildman–Crippen MR) is 79.6 cm³/mol. The van der Waals surface area contributed by atoms with Crippen molar-refractivity contribution in [3.63, 3.8) is 0 Å². The molecule has 5 nitrogen and oxygen atoms in total. The third-order valence-electron chi connectivity index (χ3n) is 2.78. The fraction of sp³-hybridized carbons (Fsp3) is 0.333. The first-order valence-corrected chi connectivity index (χ1v) is 6.52. The second-order valence-electron chi connectivity index (χ2n) is 4.61. The van der Waals surface area contributed by atoms with E-state index >= 15 is 0 Å². The lowest BCUT2D eigenvalue weighted by Crippen LogP contribution is -2.39. The molecule has 1 aromatic carbocycles. The molecule has 0 aromatic heterocycles. The van der Waals surface area contributed by atoms with Crippen LogP contribution in [0.5, 0.6) is 0 Å². The molecule has 0 saturated heterocycles. The Bertz CT molecular complexity index is 510. The van der Waals surface area contributed by atoms with Gasteiger partial charge < -0.3 is 15.3 Å². The lowest BCUT2D eigenvalue weighted by Gasteiger charge is -2.25. The molecule has 0 saturated carbocycles. The second-order valence-corrected chi connectivity index (χ2v) is 4.61. The summed E-state index contributed by atoms with van der Waals surface area (Å²) >= 11 is 0. The number of anilines is 1. The molecular formula is C15H20N2O3. The summed E-state index contributed by atoms with van der Waals surface area (Å²) < 4.78 is 0. The monoisotopic (exact) mass is 276 g/mol. The Morgan fingerprint density at radius 1 is 1.40 bits per heavy atom. The van der Waals surface area contributed by atoms with E-state index in [1.54, 1.807) is 29.2 Å². The number of nitrogens with zero attached hydrogens (tertiary/aromatic N) is 1. The topological polar surface area (TPSA) is 69.6 Å². The number of carboxylic acid groups (broad SMARTS) is 1. The Balaban J connectivity index is 2.80. The van der Waals surface area contributed by atoms with Gasteiger partial charge in [0.05, 0.1) is 0 Å². The average Bonchev–Trinajstić information content (AvgIpc) is 2.37. The third-order valence-corrected chi connectivity index (χ3v) is 2.78. The number of carbonyl (C=O) groups excluding carboxylic acids is 1. The van der Waals surface area contributed by atoms with Gasteiger partial charge in [-0.25, -0.2) is 9.59 Å². The molecule has 5 heteroatoms. The van der Waals surface area contributed by atoms with Crippen LogP contribution >= 0.6 is 0 Å². The normalized spacial score (nSPS) is 10.8. The molecule has 0 atom stereocenters. The van der Waals surface area contributed by atoms with Crippen LogP contribution in [0.1, 0.15) is 26.3 Å². The maximum Gasteiger partial charge on any atom is 0.328 e. The van der Waals surface area contributed by atoms with E-state index in [4.69, 9.17) is 5.11 Å². The summed E-state index contributed by atoms with van der Waals surface area (Å²) in [5.41, 5.74) is 1.36. The van der Waals surface area contributed by atoms with E-state index in [0.29, 0.717) is 12.2 Å². The zero-order valence-corrected chi connectivity index (χ0v) is 12.0. The lowest BCUT2D eigenvalue weighted by molar-refractivity contribution is -0.131. The van der Waals surface area contributed by atoms with Crippen LogP contribution in [0.3, 0.4) is 0 Å². The van der Waals surface area contributed by atoms with Gasteiger partial charge in [0, 0.05) is 24.4 Å². The fourth-order valence-electron chi connectivity index (χ4n) is 1.83. The van der Waals surface area contributed by atoms with Gasteiger partial charge in [-0.2, -0.15) is 0 Å². The van der Waals surface area contributed by atoms with Crippen LogP contribution in [-0.2, 0) is 4.79 Å². The molecule has 0 unspecified atom stereocenters.